The number of aryl methyl sites for hydroxylation is 1. The van der Waals surface area contributed by atoms with Gasteiger partial charge in [-0.2, -0.15) is 0 Å². The van der Waals surface area contributed by atoms with E-state index in [2.05, 4.69) is 29.6 Å². The quantitative estimate of drug-likeness (QED) is 0.561. The number of carbonyl (C=O) groups excluding carboxylic acids is 2. The Morgan fingerprint density at radius 2 is 1.72 bits per heavy atom. The molecule has 1 aliphatic carbocycles. The summed E-state index contributed by atoms with van der Waals surface area (Å²) in [4.78, 5) is 26.1. The predicted molar refractivity (Wildman–Crippen MR) is 126 cm³/mol. The number of piperidine rings is 1. The fourth-order valence-corrected chi connectivity index (χ4v) is 4.83. The van der Waals surface area contributed by atoms with Crippen molar-refractivity contribution in [2.45, 2.75) is 50.5 Å². The fraction of sp³-hybridized carbons (Fsp3) is 0.481. The van der Waals surface area contributed by atoms with Crippen molar-refractivity contribution in [1.82, 2.24) is 10.2 Å². The number of aliphatic hydroxyl groups excluding tert-OH is 1. The second-order valence-electron chi connectivity index (χ2n) is 9.23. The summed E-state index contributed by atoms with van der Waals surface area (Å²) in [6, 6.07) is 18.6. The molecule has 0 radical (unpaired) electrons. The number of hydrogen-bond donors (Lipinski definition) is 2. The van der Waals surface area contributed by atoms with Crippen LogP contribution in [0, 0.1) is 5.92 Å². The molecule has 1 heterocycles. The van der Waals surface area contributed by atoms with Crippen molar-refractivity contribution >= 4 is 11.7 Å². The first-order chi connectivity index (χ1) is 15.6. The average Bonchev–Trinajstić information content (AvgIpc) is 3.63. The van der Waals surface area contributed by atoms with Gasteiger partial charge in [0.2, 0.25) is 5.91 Å². The van der Waals surface area contributed by atoms with Gasteiger partial charge in [-0.25, -0.2) is 0 Å². The molecule has 5 nitrogen and oxygen atoms in total. The summed E-state index contributed by atoms with van der Waals surface area (Å²) in [5.74, 6) is 1.25. The first kappa shape index (κ1) is 22.7. The molecule has 4 rings (SSSR count). The van der Waals surface area contributed by atoms with Crippen LogP contribution in [0.5, 0.6) is 0 Å². The van der Waals surface area contributed by atoms with Crippen molar-refractivity contribution in [3.05, 3.63) is 71.3 Å². The Kier molecular flexibility index (Phi) is 7.72. The molecule has 2 aliphatic rings. The molecular weight excluding hydrogens is 400 g/mol. The maximum atomic E-state index is 12.6. The molecule has 2 atom stereocenters. The Morgan fingerprint density at radius 1 is 1.00 bits per heavy atom. The molecule has 5 heteroatoms. The third-order valence-electron chi connectivity index (χ3n) is 7.00. The maximum absolute atomic E-state index is 12.6. The summed E-state index contributed by atoms with van der Waals surface area (Å²) < 4.78 is 0. The Hall–Kier alpha value is -2.50. The lowest BCUT2D eigenvalue weighted by atomic mass is 9.90. The van der Waals surface area contributed by atoms with Gasteiger partial charge >= 0.3 is 0 Å². The molecule has 0 aromatic heterocycles. The average molecular weight is 435 g/mol. The van der Waals surface area contributed by atoms with Crippen LogP contribution in [0.3, 0.4) is 0 Å². The van der Waals surface area contributed by atoms with Gasteiger partial charge in [-0.05, 0) is 55.6 Å². The lowest BCUT2D eigenvalue weighted by Crippen LogP contribution is -2.43. The largest absolute Gasteiger partial charge is 0.388 e. The minimum Gasteiger partial charge on any atom is -0.388 e. The van der Waals surface area contributed by atoms with Crippen LogP contribution in [0.4, 0.5) is 0 Å². The number of ketones is 1. The van der Waals surface area contributed by atoms with Crippen LogP contribution < -0.4 is 5.32 Å². The Labute approximate surface area is 190 Å². The molecule has 2 fully saturated rings. The highest BCUT2D eigenvalue weighted by Crippen LogP contribution is 2.40. The van der Waals surface area contributed by atoms with E-state index >= 15 is 0 Å². The number of likely N-dealkylation sites (tertiary alicyclic amines) is 1. The highest BCUT2D eigenvalue weighted by atomic mass is 16.3. The SMILES string of the molecule is O=C(CO)c1ccc(CCCC2CCN(C(=O)CNC3CC3c3ccccc3)CC2)cc1. The summed E-state index contributed by atoms with van der Waals surface area (Å²) >= 11 is 0. The number of nitrogens with zero attached hydrogens (tertiary/aromatic N) is 1. The zero-order chi connectivity index (χ0) is 22.3. The van der Waals surface area contributed by atoms with Gasteiger partial charge in [0.15, 0.2) is 5.78 Å². The number of carbonyl (C=O) groups is 2. The number of amides is 1. The smallest absolute Gasteiger partial charge is 0.236 e. The number of benzene rings is 2. The van der Waals surface area contributed by atoms with Crippen molar-refractivity contribution in [2.75, 3.05) is 26.2 Å². The summed E-state index contributed by atoms with van der Waals surface area (Å²) in [6.45, 7) is 1.75. The third-order valence-corrected chi connectivity index (χ3v) is 7.00. The second kappa shape index (κ2) is 10.9. The third kappa shape index (κ3) is 6.05. The first-order valence-corrected chi connectivity index (χ1v) is 11.9. The Balaban J connectivity index is 1.10. The van der Waals surface area contributed by atoms with Crippen molar-refractivity contribution in [3.8, 4) is 0 Å². The van der Waals surface area contributed by atoms with Gasteiger partial charge in [-0.15, -0.1) is 0 Å². The van der Waals surface area contributed by atoms with Crippen LogP contribution in [0.15, 0.2) is 54.6 Å². The van der Waals surface area contributed by atoms with E-state index in [1.54, 1.807) is 12.1 Å². The highest BCUT2D eigenvalue weighted by molar-refractivity contribution is 5.96. The van der Waals surface area contributed by atoms with Gasteiger partial charge in [-0.3, -0.25) is 9.59 Å². The number of aliphatic hydroxyl groups is 1. The second-order valence-corrected chi connectivity index (χ2v) is 9.23. The van der Waals surface area contributed by atoms with Gasteiger partial charge in [0, 0.05) is 30.6 Å². The van der Waals surface area contributed by atoms with Gasteiger partial charge in [0.25, 0.3) is 0 Å². The summed E-state index contributed by atoms with van der Waals surface area (Å²) in [5.41, 5.74) is 3.17. The molecule has 0 bridgehead atoms. The summed E-state index contributed by atoms with van der Waals surface area (Å²) in [5, 5.41) is 12.4. The van der Waals surface area contributed by atoms with Crippen molar-refractivity contribution in [3.63, 3.8) is 0 Å². The van der Waals surface area contributed by atoms with Gasteiger partial charge in [0.1, 0.15) is 6.61 Å². The molecule has 2 unspecified atom stereocenters. The Bertz CT molecular complexity index is 889. The van der Waals surface area contributed by atoms with Crippen LogP contribution in [0.2, 0.25) is 0 Å². The van der Waals surface area contributed by atoms with E-state index in [0.29, 0.717) is 30.0 Å². The monoisotopic (exact) mass is 434 g/mol. The van der Waals surface area contributed by atoms with Crippen LogP contribution in [0.1, 0.15) is 59.5 Å². The van der Waals surface area contributed by atoms with E-state index < -0.39 is 6.61 Å². The lowest BCUT2D eigenvalue weighted by molar-refractivity contribution is -0.131. The first-order valence-electron chi connectivity index (χ1n) is 11.9. The fourth-order valence-electron chi connectivity index (χ4n) is 4.83. The van der Waals surface area contributed by atoms with Crippen molar-refractivity contribution in [2.24, 2.45) is 5.92 Å². The molecule has 32 heavy (non-hydrogen) atoms. The standard InChI is InChI=1S/C27H34N2O3/c30-19-26(31)23-11-9-20(10-12-23)5-4-6-21-13-15-29(16-14-21)27(32)18-28-25-17-24(25)22-7-2-1-3-8-22/h1-3,7-12,21,24-25,28,30H,4-6,13-19H2. The molecule has 170 valence electrons. The van der Waals surface area contributed by atoms with Crippen LogP contribution in [0.25, 0.3) is 0 Å². The number of Topliss-reactive ketones (excluding diaryl/α,β-unsaturated/α-hetero) is 1. The van der Waals surface area contributed by atoms with E-state index in [1.807, 2.05) is 23.1 Å². The number of hydrogen-bond acceptors (Lipinski definition) is 4. The zero-order valence-electron chi connectivity index (χ0n) is 18.7. The van der Waals surface area contributed by atoms with E-state index in [4.69, 9.17) is 5.11 Å². The molecule has 1 amide bonds. The van der Waals surface area contributed by atoms with Crippen LogP contribution in [-0.4, -0.2) is 54.0 Å². The number of nitrogens with one attached hydrogen (secondary N) is 1. The minimum atomic E-state index is -0.439. The van der Waals surface area contributed by atoms with E-state index in [-0.39, 0.29) is 11.7 Å². The molecule has 2 aromatic carbocycles. The lowest BCUT2D eigenvalue weighted by Gasteiger charge is -2.32. The molecule has 1 saturated carbocycles. The van der Waals surface area contributed by atoms with E-state index in [0.717, 1.165) is 45.2 Å². The number of rotatable bonds is 10. The maximum Gasteiger partial charge on any atom is 0.236 e. The molecule has 1 aliphatic heterocycles. The van der Waals surface area contributed by atoms with E-state index in [9.17, 15) is 9.59 Å². The molecule has 1 saturated heterocycles. The zero-order valence-corrected chi connectivity index (χ0v) is 18.7. The topological polar surface area (TPSA) is 69.6 Å². The minimum absolute atomic E-state index is 0.235. The van der Waals surface area contributed by atoms with Gasteiger partial charge in [-0.1, -0.05) is 54.6 Å². The van der Waals surface area contributed by atoms with Crippen molar-refractivity contribution < 1.29 is 14.7 Å². The van der Waals surface area contributed by atoms with Crippen LogP contribution in [-0.2, 0) is 11.2 Å². The van der Waals surface area contributed by atoms with Gasteiger partial charge in [0.05, 0.1) is 6.54 Å². The Morgan fingerprint density at radius 3 is 2.41 bits per heavy atom. The van der Waals surface area contributed by atoms with Crippen LogP contribution >= 0.6 is 0 Å². The molecule has 2 N–H and O–H groups in total. The highest BCUT2D eigenvalue weighted by Gasteiger charge is 2.38. The molecule has 0 spiro atoms. The normalized spacial score (nSPS) is 20.8. The summed E-state index contributed by atoms with van der Waals surface area (Å²) in [6.07, 6.45) is 6.60. The van der Waals surface area contributed by atoms with E-state index in [1.165, 1.54) is 17.5 Å². The summed E-state index contributed by atoms with van der Waals surface area (Å²) in [7, 11) is 0. The van der Waals surface area contributed by atoms with Gasteiger partial charge < -0.3 is 15.3 Å². The molecular formula is C27H34N2O3. The van der Waals surface area contributed by atoms with Crippen molar-refractivity contribution in [1.29, 1.82) is 0 Å². The predicted octanol–water partition coefficient (Wildman–Crippen LogP) is 3.57. The molecule has 2 aromatic rings.